The number of rotatable bonds is 10. The second kappa shape index (κ2) is 11.3. The van der Waals surface area contributed by atoms with E-state index >= 15 is 0 Å². The Bertz CT molecular complexity index is 1560. The highest BCUT2D eigenvalue weighted by Crippen LogP contribution is 2.40. The highest BCUT2D eigenvalue weighted by Gasteiger charge is 2.45. The Hall–Kier alpha value is -3.60. The van der Waals surface area contributed by atoms with Crippen LogP contribution in [0.15, 0.2) is 35.1 Å². The minimum absolute atomic E-state index is 0.0417. The Morgan fingerprint density at radius 1 is 1.22 bits per heavy atom. The van der Waals surface area contributed by atoms with Crippen LogP contribution in [0.5, 0.6) is 0 Å². The summed E-state index contributed by atoms with van der Waals surface area (Å²) in [5.41, 5.74) is 14.2. The standard InChI is InChI=1S/C31H39N5O5/c1-4-31(40)23-15-26-27-21(16-36(26)28(37)22(23)17-41-30(31)39)19(20-9-5-6-11-25(20)34-27)12-14-35(18(2)3)29(38)24(33)10-7-8-13-32/h5-6,9,11,15,18,24,40H,4,7-8,10,12-14,16-17,32-33H2,1-3H3/t24-,31-/m0/s1. The smallest absolute Gasteiger partial charge is 0.343 e. The average molecular weight is 562 g/mol. The number of para-hydroxylation sites is 1. The minimum Gasteiger partial charge on any atom is -0.458 e. The van der Waals surface area contributed by atoms with E-state index < -0.39 is 17.6 Å². The summed E-state index contributed by atoms with van der Waals surface area (Å²) in [7, 11) is 0. The Kier molecular flexibility index (Phi) is 8.00. The molecule has 1 amide bonds. The molecule has 1 aromatic carbocycles. The fraction of sp³-hybridized carbons (Fsp3) is 0.484. The van der Waals surface area contributed by atoms with Crippen molar-refractivity contribution in [3.05, 3.63) is 62.9 Å². The van der Waals surface area contributed by atoms with Crippen molar-refractivity contribution < 1.29 is 19.4 Å². The van der Waals surface area contributed by atoms with Gasteiger partial charge in [0.2, 0.25) is 5.91 Å². The van der Waals surface area contributed by atoms with E-state index in [1.54, 1.807) is 17.6 Å². The molecule has 41 heavy (non-hydrogen) atoms. The van der Waals surface area contributed by atoms with Crippen molar-refractivity contribution in [3.63, 3.8) is 0 Å². The Morgan fingerprint density at radius 2 is 1.98 bits per heavy atom. The number of fused-ring (bicyclic) bond motifs is 5. The number of benzene rings is 1. The van der Waals surface area contributed by atoms with Crippen LogP contribution in [0.4, 0.5) is 0 Å². The molecular weight excluding hydrogens is 522 g/mol. The third kappa shape index (κ3) is 4.94. The van der Waals surface area contributed by atoms with Gasteiger partial charge < -0.3 is 30.8 Å². The molecule has 0 spiro atoms. The number of cyclic esters (lactones) is 1. The van der Waals surface area contributed by atoms with Crippen molar-refractivity contribution >= 4 is 22.8 Å². The maximum Gasteiger partial charge on any atom is 0.343 e. The molecule has 10 nitrogen and oxygen atoms in total. The predicted octanol–water partition coefficient (Wildman–Crippen LogP) is 2.32. The zero-order valence-corrected chi connectivity index (χ0v) is 24.0. The summed E-state index contributed by atoms with van der Waals surface area (Å²) in [5, 5.41) is 12.2. The number of nitrogens with zero attached hydrogens (tertiary/aromatic N) is 3. The first kappa shape index (κ1) is 28.9. The zero-order chi connectivity index (χ0) is 29.5. The van der Waals surface area contributed by atoms with Crippen molar-refractivity contribution in [1.82, 2.24) is 14.5 Å². The lowest BCUT2D eigenvalue weighted by Gasteiger charge is -2.31. The van der Waals surface area contributed by atoms with Crippen molar-refractivity contribution in [2.45, 2.75) is 83.7 Å². The number of hydrogen-bond acceptors (Lipinski definition) is 8. The molecule has 2 aliphatic heterocycles. The summed E-state index contributed by atoms with van der Waals surface area (Å²) in [6.07, 6.45) is 2.86. The van der Waals surface area contributed by atoms with Gasteiger partial charge in [-0.15, -0.1) is 0 Å². The quantitative estimate of drug-likeness (QED) is 0.197. The van der Waals surface area contributed by atoms with Crippen LogP contribution in [0.1, 0.15) is 68.7 Å². The third-order valence-electron chi connectivity index (χ3n) is 8.51. The molecule has 0 bridgehead atoms. The van der Waals surface area contributed by atoms with Crippen LogP contribution in [0.25, 0.3) is 22.3 Å². The number of amides is 1. The van der Waals surface area contributed by atoms with Crippen LogP contribution in [-0.2, 0) is 39.5 Å². The van der Waals surface area contributed by atoms with Gasteiger partial charge in [0.1, 0.15) is 6.61 Å². The van der Waals surface area contributed by atoms with Gasteiger partial charge in [0, 0.05) is 29.1 Å². The van der Waals surface area contributed by atoms with Crippen molar-refractivity contribution in [1.29, 1.82) is 0 Å². The van der Waals surface area contributed by atoms with E-state index in [1.165, 1.54) is 0 Å². The van der Waals surface area contributed by atoms with E-state index in [9.17, 15) is 19.5 Å². The van der Waals surface area contributed by atoms with Crippen LogP contribution in [-0.4, -0.2) is 56.6 Å². The van der Waals surface area contributed by atoms with Gasteiger partial charge in [0.05, 0.1) is 35.1 Å². The minimum atomic E-state index is -1.88. The molecule has 2 aliphatic rings. The van der Waals surface area contributed by atoms with Gasteiger partial charge in [0.15, 0.2) is 5.60 Å². The van der Waals surface area contributed by atoms with Crippen molar-refractivity contribution in [3.8, 4) is 11.4 Å². The molecule has 0 saturated heterocycles. The van der Waals surface area contributed by atoms with Gasteiger partial charge in [-0.2, -0.15) is 0 Å². The lowest BCUT2D eigenvalue weighted by Crippen LogP contribution is -2.47. The number of unbranched alkanes of at least 4 members (excludes halogenated alkanes) is 1. The van der Waals surface area contributed by atoms with Crippen molar-refractivity contribution in [2.75, 3.05) is 13.1 Å². The van der Waals surface area contributed by atoms with Crippen LogP contribution >= 0.6 is 0 Å². The number of ether oxygens (including phenoxy) is 1. The van der Waals surface area contributed by atoms with Crippen LogP contribution in [0.2, 0.25) is 0 Å². The SMILES string of the molecule is CC[C@@]1(O)C(=O)OCc2c1cc1n(c2=O)Cc2c-1nc1ccccc1c2CCN(C(=O)[C@@H](N)CCCCN)C(C)C. The summed E-state index contributed by atoms with van der Waals surface area (Å²) in [5.74, 6) is -0.829. The first-order valence-electron chi connectivity index (χ1n) is 14.5. The van der Waals surface area contributed by atoms with E-state index in [1.807, 2.05) is 43.0 Å². The van der Waals surface area contributed by atoms with E-state index in [-0.39, 0.29) is 41.7 Å². The normalized spacial score (nSPS) is 18.2. The second-order valence-corrected chi connectivity index (χ2v) is 11.3. The van der Waals surface area contributed by atoms with Crippen LogP contribution in [0, 0.1) is 0 Å². The summed E-state index contributed by atoms with van der Waals surface area (Å²) >= 11 is 0. The highest BCUT2D eigenvalue weighted by atomic mass is 16.6. The summed E-state index contributed by atoms with van der Waals surface area (Å²) in [6, 6.07) is 8.91. The molecule has 2 aromatic heterocycles. The molecule has 4 heterocycles. The fourth-order valence-corrected chi connectivity index (χ4v) is 6.10. The number of pyridine rings is 2. The Balaban J connectivity index is 1.56. The Morgan fingerprint density at radius 3 is 2.68 bits per heavy atom. The number of carbonyl (C=O) groups excluding carboxylic acids is 2. The molecule has 218 valence electrons. The first-order valence-corrected chi connectivity index (χ1v) is 14.5. The number of esters is 1. The first-order chi connectivity index (χ1) is 19.6. The van der Waals surface area contributed by atoms with E-state index in [2.05, 4.69) is 0 Å². The number of nitrogens with two attached hydrogens (primary N) is 2. The van der Waals surface area contributed by atoms with Gasteiger partial charge >= 0.3 is 5.97 Å². The molecule has 10 heteroatoms. The molecule has 5 rings (SSSR count). The summed E-state index contributed by atoms with van der Waals surface area (Å²) in [4.78, 5) is 46.3. The van der Waals surface area contributed by atoms with Gasteiger partial charge in [0.25, 0.3) is 5.56 Å². The van der Waals surface area contributed by atoms with E-state index in [0.29, 0.717) is 43.9 Å². The number of carbonyl (C=O) groups is 2. The summed E-state index contributed by atoms with van der Waals surface area (Å²) in [6.45, 7) is 6.81. The predicted molar refractivity (Wildman–Crippen MR) is 156 cm³/mol. The third-order valence-corrected chi connectivity index (χ3v) is 8.51. The average Bonchev–Trinajstić information content (AvgIpc) is 3.33. The molecule has 0 saturated carbocycles. The Labute approximate surface area is 239 Å². The van der Waals surface area contributed by atoms with Crippen LogP contribution in [0.3, 0.4) is 0 Å². The van der Waals surface area contributed by atoms with Gasteiger partial charge in [-0.3, -0.25) is 9.59 Å². The molecule has 0 fully saturated rings. The molecule has 0 radical (unpaired) electrons. The molecule has 5 N–H and O–H groups in total. The monoisotopic (exact) mass is 561 g/mol. The lowest BCUT2D eigenvalue weighted by molar-refractivity contribution is -0.172. The number of aliphatic hydroxyl groups is 1. The fourth-order valence-electron chi connectivity index (χ4n) is 6.10. The molecule has 0 aliphatic carbocycles. The highest BCUT2D eigenvalue weighted by molar-refractivity contribution is 5.89. The number of aromatic nitrogens is 2. The number of hydrogen-bond donors (Lipinski definition) is 3. The van der Waals surface area contributed by atoms with Gasteiger partial charge in [-0.25, -0.2) is 9.78 Å². The van der Waals surface area contributed by atoms with Gasteiger partial charge in [-0.1, -0.05) is 31.5 Å². The maximum absolute atomic E-state index is 13.7. The molecule has 3 aromatic rings. The van der Waals surface area contributed by atoms with E-state index in [0.717, 1.165) is 34.9 Å². The van der Waals surface area contributed by atoms with Crippen LogP contribution < -0.4 is 17.0 Å². The van der Waals surface area contributed by atoms with Crippen molar-refractivity contribution in [2.24, 2.45) is 11.5 Å². The molecule has 0 unspecified atom stereocenters. The van der Waals surface area contributed by atoms with E-state index in [4.69, 9.17) is 21.2 Å². The summed E-state index contributed by atoms with van der Waals surface area (Å²) < 4.78 is 6.85. The zero-order valence-electron chi connectivity index (χ0n) is 24.0. The topological polar surface area (TPSA) is 154 Å². The lowest BCUT2D eigenvalue weighted by atomic mass is 9.86. The largest absolute Gasteiger partial charge is 0.458 e. The second-order valence-electron chi connectivity index (χ2n) is 11.3. The molecule has 2 atom stereocenters. The van der Waals surface area contributed by atoms with Gasteiger partial charge in [-0.05, 0) is 63.8 Å². The maximum atomic E-state index is 13.7. The molecular formula is C31H39N5O5.